The molecule has 0 bridgehead atoms. The van der Waals surface area contributed by atoms with Crippen molar-refractivity contribution >= 4 is 51.5 Å². The first-order chi connectivity index (χ1) is 21.8. The van der Waals surface area contributed by atoms with Gasteiger partial charge in [0.2, 0.25) is 0 Å². The summed E-state index contributed by atoms with van der Waals surface area (Å²) in [6.45, 7) is 3.85. The maximum Gasteiger partial charge on any atom is 0.147 e. The normalized spacial score (nSPS) is 24.6. The Kier molecular flexibility index (Phi) is 9.63. The SMILES string of the molecule is C(#CC12CNCC1C2)c1ccccn1.Fc1cc(Cl)ccc1I.Fc1cc(Cl)ccc1N1CC2CC2(C#Cc2ccccn2)C1. The van der Waals surface area contributed by atoms with Gasteiger partial charge in [0.25, 0.3) is 0 Å². The molecule has 4 heterocycles. The van der Waals surface area contributed by atoms with Crippen molar-refractivity contribution in [2.45, 2.75) is 12.8 Å². The maximum absolute atomic E-state index is 14.0. The second-order valence-corrected chi connectivity index (χ2v) is 13.7. The lowest BCUT2D eigenvalue weighted by Crippen LogP contribution is -2.25. The van der Waals surface area contributed by atoms with Gasteiger partial charge in [-0.3, -0.25) is 0 Å². The van der Waals surface area contributed by atoms with Crippen molar-refractivity contribution in [2.75, 3.05) is 31.1 Å². The number of pyridine rings is 2. The third-order valence-electron chi connectivity index (χ3n) is 8.55. The lowest BCUT2D eigenvalue weighted by atomic mass is 10.1. The molecule has 45 heavy (non-hydrogen) atoms. The Balaban J connectivity index is 0.000000132. The number of anilines is 1. The average Bonchev–Trinajstić information content (AvgIpc) is 3.83. The molecule has 2 saturated heterocycles. The summed E-state index contributed by atoms with van der Waals surface area (Å²) in [5.41, 5.74) is 2.61. The van der Waals surface area contributed by atoms with Crippen LogP contribution in [0.15, 0.2) is 85.2 Å². The van der Waals surface area contributed by atoms with Crippen LogP contribution in [0.3, 0.4) is 0 Å². The zero-order valence-electron chi connectivity index (χ0n) is 24.2. The van der Waals surface area contributed by atoms with Crippen LogP contribution in [0, 0.1) is 61.6 Å². The molecule has 4 nitrogen and oxygen atoms in total. The third kappa shape index (κ3) is 7.79. The van der Waals surface area contributed by atoms with Gasteiger partial charge in [0.15, 0.2) is 0 Å². The second kappa shape index (κ2) is 13.6. The number of fused-ring (bicyclic) bond motifs is 2. The number of aromatic nitrogens is 2. The van der Waals surface area contributed by atoms with E-state index in [-0.39, 0.29) is 17.0 Å². The number of nitrogens with zero attached hydrogens (tertiary/aromatic N) is 3. The molecule has 2 aliphatic carbocycles. The van der Waals surface area contributed by atoms with Crippen LogP contribution in [0.2, 0.25) is 10.0 Å². The largest absolute Gasteiger partial charge is 0.367 e. The Morgan fingerprint density at radius 3 is 1.96 bits per heavy atom. The highest BCUT2D eigenvalue weighted by Crippen LogP contribution is 2.58. The van der Waals surface area contributed by atoms with Crippen LogP contribution in [-0.2, 0) is 0 Å². The smallest absolute Gasteiger partial charge is 0.147 e. The third-order valence-corrected chi connectivity index (χ3v) is 9.89. The van der Waals surface area contributed by atoms with Crippen molar-refractivity contribution in [2.24, 2.45) is 22.7 Å². The minimum atomic E-state index is -0.262. The molecule has 4 unspecified atom stereocenters. The second-order valence-electron chi connectivity index (χ2n) is 11.7. The molecule has 4 atom stereocenters. The van der Waals surface area contributed by atoms with Gasteiger partial charge >= 0.3 is 0 Å². The fraction of sp³-hybridized carbons (Fsp3) is 0.278. The predicted octanol–water partition coefficient (Wildman–Crippen LogP) is 7.88. The minimum absolute atomic E-state index is 0.00357. The molecule has 2 saturated carbocycles. The molecule has 9 heteroatoms. The fourth-order valence-corrected chi connectivity index (χ4v) is 6.50. The monoisotopic (exact) mass is 752 g/mol. The summed E-state index contributed by atoms with van der Waals surface area (Å²) >= 11 is 13.2. The van der Waals surface area contributed by atoms with Gasteiger partial charge in [0.1, 0.15) is 23.0 Å². The Bertz CT molecular complexity index is 1800. The highest BCUT2D eigenvalue weighted by Gasteiger charge is 2.59. The highest BCUT2D eigenvalue weighted by atomic mass is 127. The molecule has 2 aromatic carbocycles. The van der Waals surface area contributed by atoms with E-state index in [0.717, 1.165) is 49.9 Å². The molecule has 0 spiro atoms. The highest BCUT2D eigenvalue weighted by molar-refractivity contribution is 14.1. The molecular formula is C36H29Cl2F2IN4. The molecule has 4 aliphatic rings. The number of hydrogen-bond acceptors (Lipinski definition) is 4. The number of rotatable bonds is 1. The Morgan fingerprint density at radius 2 is 1.42 bits per heavy atom. The Hall–Kier alpha value is -3.21. The molecule has 0 radical (unpaired) electrons. The summed E-state index contributed by atoms with van der Waals surface area (Å²) in [6.07, 6.45) is 5.91. The van der Waals surface area contributed by atoms with Crippen molar-refractivity contribution in [3.63, 3.8) is 0 Å². The van der Waals surface area contributed by atoms with Gasteiger partial charge in [-0.15, -0.1) is 0 Å². The zero-order chi connectivity index (χ0) is 31.4. The van der Waals surface area contributed by atoms with E-state index >= 15 is 0 Å². The van der Waals surface area contributed by atoms with E-state index in [1.807, 2.05) is 59.0 Å². The van der Waals surface area contributed by atoms with Crippen LogP contribution in [0.25, 0.3) is 0 Å². The molecule has 0 amide bonds. The van der Waals surface area contributed by atoms with Crippen LogP contribution in [-0.4, -0.2) is 36.1 Å². The van der Waals surface area contributed by atoms with Gasteiger partial charge in [-0.05, 0) is 126 Å². The van der Waals surface area contributed by atoms with Crippen molar-refractivity contribution in [3.05, 3.63) is 122 Å². The molecule has 8 rings (SSSR count). The first-order valence-electron chi connectivity index (χ1n) is 14.6. The van der Waals surface area contributed by atoms with Crippen molar-refractivity contribution < 1.29 is 8.78 Å². The topological polar surface area (TPSA) is 41.1 Å². The van der Waals surface area contributed by atoms with Gasteiger partial charge < -0.3 is 10.2 Å². The van der Waals surface area contributed by atoms with Crippen LogP contribution >= 0.6 is 45.8 Å². The van der Waals surface area contributed by atoms with E-state index in [1.165, 1.54) is 18.6 Å². The first kappa shape index (κ1) is 31.8. The van der Waals surface area contributed by atoms with Crippen molar-refractivity contribution in [1.82, 2.24) is 15.3 Å². The number of benzene rings is 2. The van der Waals surface area contributed by atoms with E-state index < -0.39 is 0 Å². The van der Waals surface area contributed by atoms with Crippen LogP contribution in [0.5, 0.6) is 0 Å². The van der Waals surface area contributed by atoms with Crippen molar-refractivity contribution in [3.8, 4) is 23.7 Å². The minimum Gasteiger partial charge on any atom is -0.367 e. The summed E-state index contributed by atoms with van der Waals surface area (Å²) in [5.74, 6) is 13.9. The van der Waals surface area contributed by atoms with E-state index in [9.17, 15) is 8.78 Å². The molecule has 4 fully saturated rings. The van der Waals surface area contributed by atoms with Gasteiger partial charge in [-0.2, -0.15) is 0 Å². The standard InChI is InChI=1S/C18H14ClFN2.C12H12N2.C6H3ClFI/c19-14-4-5-17(16(20)9-14)22-11-13-10-18(13,12-22)7-6-15-3-1-2-8-21-15;1-2-6-14-11(3-1)4-5-12-7-10(12)8-13-9-12;7-4-1-2-6(9)5(8)3-4/h1-5,8-9,13H,10-12H2;1-3,6,10,13H,7-9H2;1-3H. The van der Waals surface area contributed by atoms with E-state index in [2.05, 4.69) is 43.9 Å². The summed E-state index contributed by atoms with van der Waals surface area (Å²) in [5, 5.41) is 4.24. The molecule has 228 valence electrons. The fourth-order valence-electron chi connectivity index (χ4n) is 5.85. The summed E-state index contributed by atoms with van der Waals surface area (Å²) in [7, 11) is 0. The Labute approximate surface area is 286 Å². The number of hydrogen-bond donors (Lipinski definition) is 1. The van der Waals surface area contributed by atoms with E-state index in [1.54, 1.807) is 36.7 Å². The number of halogens is 5. The summed E-state index contributed by atoms with van der Waals surface area (Å²) in [6, 6.07) is 21.0. The van der Waals surface area contributed by atoms with E-state index in [0.29, 0.717) is 30.6 Å². The number of nitrogens with one attached hydrogen (secondary N) is 1. The van der Waals surface area contributed by atoms with Crippen LogP contribution < -0.4 is 10.2 Å². The average molecular weight is 753 g/mol. The molecule has 2 aliphatic heterocycles. The zero-order valence-corrected chi connectivity index (χ0v) is 27.9. The van der Waals surface area contributed by atoms with Gasteiger partial charge in [-0.25, -0.2) is 18.7 Å². The first-order valence-corrected chi connectivity index (χ1v) is 16.5. The molecule has 4 aromatic rings. The van der Waals surface area contributed by atoms with Crippen LogP contribution in [0.4, 0.5) is 14.5 Å². The lowest BCUT2D eigenvalue weighted by Gasteiger charge is -2.22. The molecule has 2 aromatic heterocycles. The maximum atomic E-state index is 14.0. The van der Waals surface area contributed by atoms with E-state index in [4.69, 9.17) is 23.2 Å². The summed E-state index contributed by atoms with van der Waals surface area (Å²) in [4.78, 5) is 10.5. The molecular weight excluding hydrogens is 724 g/mol. The van der Waals surface area contributed by atoms with Gasteiger partial charge in [0.05, 0.1) is 11.1 Å². The number of piperidine rings is 2. The quantitative estimate of drug-likeness (QED) is 0.122. The Morgan fingerprint density at radius 1 is 0.800 bits per heavy atom. The van der Waals surface area contributed by atoms with Gasteiger partial charge in [-0.1, -0.05) is 47.2 Å². The van der Waals surface area contributed by atoms with Crippen LogP contribution in [0.1, 0.15) is 24.2 Å². The summed E-state index contributed by atoms with van der Waals surface area (Å²) < 4.78 is 27.1. The lowest BCUT2D eigenvalue weighted by molar-refractivity contribution is 0.616. The van der Waals surface area contributed by atoms with Crippen molar-refractivity contribution in [1.29, 1.82) is 0 Å². The molecule has 1 N–H and O–H groups in total. The van der Waals surface area contributed by atoms with Gasteiger partial charge in [0, 0.05) is 51.1 Å². The predicted molar refractivity (Wildman–Crippen MR) is 184 cm³/mol.